The standard InChI is InChI=1S/C12H13BrN2O2S/c1-15-6-9(13)4-10(15)12(17)14-5-11(16)8-2-3-18-7-8/h2-4,6-7,11,16H,5H2,1H3,(H,14,17)/t11-/m0/s1. The lowest BCUT2D eigenvalue weighted by Crippen LogP contribution is -2.29. The molecular weight excluding hydrogens is 316 g/mol. The van der Waals surface area contributed by atoms with E-state index in [1.807, 2.05) is 23.0 Å². The number of hydrogen-bond donors (Lipinski definition) is 2. The normalized spacial score (nSPS) is 12.4. The second-order valence-electron chi connectivity index (χ2n) is 3.94. The molecule has 2 aromatic heterocycles. The first-order chi connectivity index (χ1) is 8.58. The monoisotopic (exact) mass is 328 g/mol. The Labute approximate surface area is 117 Å². The van der Waals surface area contributed by atoms with E-state index < -0.39 is 6.10 Å². The summed E-state index contributed by atoms with van der Waals surface area (Å²) in [6.07, 6.45) is 1.15. The molecule has 2 aromatic rings. The molecule has 0 aliphatic rings. The summed E-state index contributed by atoms with van der Waals surface area (Å²) >= 11 is 4.84. The highest BCUT2D eigenvalue weighted by Gasteiger charge is 2.13. The molecule has 2 heterocycles. The molecule has 0 aliphatic heterocycles. The van der Waals surface area contributed by atoms with Crippen LogP contribution in [0.15, 0.2) is 33.6 Å². The summed E-state index contributed by atoms with van der Waals surface area (Å²) in [6.45, 7) is 0.207. The molecule has 0 unspecified atom stereocenters. The van der Waals surface area contributed by atoms with Gasteiger partial charge in [0, 0.05) is 24.3 Å². The Balaban J connectivity index is 1.94. The average Bonchev–Trinajstić information content (AvgIpc) is 2.95. The van der Waals surface area contributed by atoms with Gasteiger partial charge in [0.05, 0.1) is 6.10 Å². The number of carbonyl (C=O) groups excluding carboxylic acids is 1. The van der Waals surface area contributed by atoms with Gasteiger partial charge in [0.25, 0.3) is 5.91 Å². The van der Waals surface area contributed by atoms with Crippen molar-refractivity contribution in [3.63, 3.8) is 0 Å². The van der Waals surface area contributed by atoms with Crippen molar-refractivity contribution in [2.75, 3.05) is 6.54 Å². The smallest absolute Gasteiger partial charge is 0.268 e. The molecule has 4 nitrogen and oxygen atoms in total. The van der Waals surface area contributed by atoms with Crippen LogP contribution in [0, 0.1) is 0 Å². The van der Waals surface area contributed by atoms with E-state index in [0.717, 1.165) is 10.0 Å². The van der Waals surface area contributed by atoms with E-state index in [0.29, 0.717) is 5.69 Å². The highest BCUT2D eigenvalue weighted by molar-refractivity contribution is 9.10. The van der Waals surface area contributed by atoms with Crippen molar-refractivity contribution in [1.82, 2.24) is 9.88 Å². The van der Waals surface area contributed by atoms with Gasteiger partial charge in [-0.2, -0.15) is 11.3 Å². The fraction of sp³-hybridized carbons (Fsp3) is 0.250. The summed E-state index contributed by atoms with van der Waals surface area (Å²) in [5, 5.41) is 16.3. The Bertz CT molecular complexity index is 536. The Morgan fingerprint density at radius 1 is 1.67 bits per heavy atom. The number of aliphatic hydroxyl groups excluding tert-OH is 1. The van der Waals surface area contributed by atoms with Gasteiger partial charge < -0.3 is 15.0 Å². The van der Waals surface area contributed by atoms with Crippen LogP contribution < -0.4 is 5.32 Å². The molecule has 0 bridgehead atoms. The third-order valence-electron chi connectivity index (χ3n) is 2.59. The van der Waals surface area contributed by atoms with Gasteiger partial charge in [0.15, 0.2) is 0 Å². The lowest BCUT2D eigenvalue weighted by Gasteiger charge is -2.10. The van der Waals surface area contributed by atoms with Crippen LogP contribution in [0.4, 0.5) is 0 Å². The molecule has 0 saturated carbocycles. The molecular formula is C12H13BrN2O2S. The highest BCUT2D eigenvalue weighted by atomic mass is 79.9. The van der Waals surface area contributed by atoms with E-state index in [1.165, 1.54) is 11.3 Å². The maximum Gasteiger partial charge on any atom is 0.268 e. The van der Waals surface area contributed by atoms with Gasteiger partial charge in [-0.1, -0.05) is 0 Å². The van der Waals surface area contributed by atoms with Crippen LogP contribution in [0.2, 0.25) is 0 Å². The van der Waals surface area contributed by atoms with Crippen LogP contribution in [0.25, 0.3) is 0 Å². The van der Waals surface area contributed by atoms with Gasteiger partial charge in [-0.3, -0.25) is 4.79 Å². The maximum atomic E-state index is 11.9. The first kappa shape index (κ1) is 13.3. The number of aromatic nitrogens is 1. The van der Waals surface area contributed by atoms with Crippen molar-refractivity contribution in [2.45, 2.75) is 6.10 Å². The number of nitrogens with zero attached hydrogens (tertiary/aromatic N) is 1. The minimum atomic E-state index is -0.663. The summed E-state index contributed by atoms with van der Waals surface area (Å²) in [6, 6.07) is 3.59. The quantitative estimate of drug-likeness (QED) is 0.904. The molecule has 96 valence electrons. The van der Waals surface area contributed by atoms with Gasteiger partial charge >= 0.3 is 0 Å². The third-order valence-corrected chi connectivity index (χ3v) is 3.72. The number of aliphatic hydroxyl groups is 1. The van der Waals surface area contributed by atoms with E-state index >= 15 is 0 Å². The largest absolute Gasteiger partial charge is 0.387 e. The highest BCUT2D eigenvalue weighted by Crippen LogP contribution is 2.16. The van der Waals surface area contributed by atoms with E-state index in [9.17, 15) is 9.90 Å². The molecule has 0 aromatic carbocycles. The van der Waals surface area contributed by atoms with Crippen molar-refractivity contribution >= 4 is 33.2 Å². The summed E-state index contributed by atoms with van der Waals surface area (Å²) < 4.78 is 2.59. The lowest BCUT2D eigenvalue weighted by atomic mass is 10.2. The molecule has 18 heavy (non-hydrogen) atoms. The van der Waals surface area contributed by atoms with Crippen LogP contribution in [-0.4, -0.2) is 22.1 Å². The number of thiophene rings is 1. The molecule has 0 aliphatic carbocycles. The summed E-state index contributed by atoms with van der Waals surface area (Å²) in [4.78, 5) is 11.9. The molecule has 2 rings (SSSR count). The number of rotatable bonds is 4. The topological polar surface area (TPSA) is 54.3 Å². The number of halogens is 1. The van der Waals surface area contributed by atoms with Gasteiger partial charge in [-0.25, -0.2) is 0 Å². The van der Waals surface area contributed by atoms with Crippen LogP contribution in [0.5, 0.6) is 0 Å². The molecule has 0 fully saturated rings. The summed E-state index contributed by atoms with van der Waals surface area (Å²) in [5.41, 5.74) is 1.38. The lowest BCUT2D eigenvalue weighted by molar-refractivity contribution is 0.0908. The zero-order chi connectivity index (χ0) is 13.1. The van der Waals surface area contributed by atoms with Gasteiger partial charge in [-0.15, -0.1) is 0 Å². The number of aryl methyl sites for hydroxylation is 1. The van der Waals surface area contributed by atoms with E-state index in [4.69, 9.17) is 0 Å². The first-order valence-corrected chi connectivity index (χ1v) is 7.11. The van der Waals surface area contributed by atoms with Crippen LogP contribution in [0.3, 0.4) is 0 Å². The van der Waals surface area contributed by atoms with Crippen molar-refractivity contribution in [1.29, 1.82) is 0 Å². The van der Waals surface area contributed by atoms with Crippen LogP contribution in [0.1, 0.15) is 22.2 Å². The predicted octanol–water partition coefficient (Wildman–Crippen LogP) is 2.31. The van der Waals surface area contributed by atoms with E-state index in [1.54, 1.807) is 17.7 Å². The van der Waals surface area contributed by atoms with Gasteiger partial charge in [-0.05, 0) is 44.4 Å². The Kier molecular flexibility index (Phi) is 4.21. The van der Waals surface area contributed by atoms with Crippen molar-refractivity contribution in [3.8, 4) is 0 Å². The molecule has 6 heteroatoms. The summed E-state index contributed by atoms with van der Waals surface area (Å²) in [5.74, 6) is -0.197. The molecule has 1 atom stereocenters. The van der Waals surface area contributed by atoms with Gasteiger partial charge in [0.2, 0.25) is 0 Å². The maximum absolute atomic E-state index is 11.9. The Morgan fingerprint density at radius 3 is 3.00 bits per heavy atom. The predicted molar refractivity (Wildman–Crippen MR) is 74.7 cm³/mol. The minimum Gasteiger partial charge on any atom is -0.387 e. The molecule has 0 radical (unpaired) electrons. The Morgan fingerprint density at radius 2 is 2.44 bits per heavy atom. The summed E-state index contributed by atoms with van der Waals surface area (Å²) in [7, 11) is 1.80. The average molecular weight is 329 g/mol. The molecule has 2 N–H and O–H groups in total. The second-order valence-corrected chi connectivity index (χ2v) is 5.63. The van der Waals surface area contributed by atoms with E-state index in [2.05, 4.69) is 21.2 Å². The van der Waals surface area contributed by atoms with E-state index in [-0.39, 0.29) is 12.5 Å². The minimum absolute atomic E-state index is 0.197. The van der Waals surface area contributed by atoms with Crippen LogP contribution >= 0.6 is 27.3 Å². The number of carbonyl (C=O) groups is 1. The molecule has 1 amide bonds. The molecule has 0 saturated heterocycles. The third kappa shape index (κ3) is 3.01. The van der Waals surface area contributed by atoms with Crippen LogP contribution in [-0.2, 0) is 7.05 Å². The van der Waals surface area contributed by atoms with Crippen molar-refractivity contribution in [2.24, 2.45) is 7.05 Å². The van der Waals surface area contributed by atoms with Gasteiger partial charge in [0.1, 0.15) is 5.69 Å². The number of nitrogens with one attached hydrogen (secondary N) is 1. The fourth-order valence-corrected chi connectivity index (χ4v) is 2.84. The first-order valence-electron chi connectivity index (χ1n) is 5.38. The number of amides is 1. The SMILES string of the molecule is Cn1cc(Br)cc1C(=O)NC[C@H](O)c1ccsc1. The second kappa shape index (κ2) is 5.69. The van der Waals surface area contributed by atoms with Crippen molar-refractivity contribution in [3.05, 3.63) is 44.8 Å². The zero-order valence-corrected chi connectivity index (χ0v) is 12.2. The number of hydrogen-bond acceptors (Lipinski definition) is 3. The fourth-order valence-electron chi connectivity index (χ4n) is 1.61. The Hall–Kier alpha value is -1.11. The zero-order valence-electron chi connectivity index (χ0n) is 9.76. The van der Waals surface area contributed by atoms with Crippen molar-refractivity contribution < 1.29 is 9.90 Å². The molecule has 0 spiro atoms.